The number of rotatable bonds is 8. The Kier molecular flexibility index (Phi) is 8.76. The molecule has 0 spiro atoms. The Morgan fingerprint density at radius 3 is 1.40 bits per heavy atom. The fourth-order valence-electron chi connectivity index (χ4n) is 10.2. The van der Waals surface area contributed by atoms with Gasteiger partial charge in [0.15, 0.2) is 0 Å². The molecule has 0 saturated heterocycles. The summed E-state index contributed by atoms with van der Waals surface area (Å²) in [5.74, 6) is 0. The zero-order valence-electron chi connectivity index (χ0n) is 34.5. The van der Waals surface area contributed by atoms with Crippen molar-refractivity contribution in [2.24, 2.45) is 0 Å². The number of fused-ring (bicyclic) bond motifs is 6. The topological polar surface area (TPSA) is 16.4 Å². The Hall–Kier alpha value is -8.20. The molecule has 0 fully saturated rings. The SMILES string of the molecule is c1ccc(-c2ccc(N(c3ccc(-c4cccc5c4-c4ccccc4C5(c4ccccc4)c4ccccc4)cc3)c3ccc(-c4cccc5c4oc4ccccc45)cc3)cc2)cc1. The summed E-state index contributed by atoms with van der Waals surface area (Å²) in [4.78, 5) is 2.35. The van der Waals surface area contributed by atoms with Crippen molar-refractivity contribution < 1.29 is 4.42 Å². The molecule has 12 rings (SSSR count). The summed E-state index contributed by atoms with van der Waals surface area (Å²) in [6.07, 6.45) is 0. The predicted molar refractivity (Wildman–Crippen MR) is 262 cm³/mol. The van der Waals surface area contributed by atoms with Crippen molar-refractivity contribution in [1.29, 1.82) is 0 Å². The summed E-state index contributed by atoms with van der Waals surface area (Å²) >= 11 is 0. The fourth-order valence-corrected chi connectivity index (χ4v) is 10.2. The van der Waals surface area contributed by atoms with Gasteiger partial charge in [0.05, 0.1) is 5.41 Å². The van der Waals surface area contributed by atoms with Crippen molar-refractivity contribution in [3.05, 3.63) is 271 Å². The lowest BCUT2D eigenvalue weighted by Crippen LogP contribution is -2.28. The van der Waals surface area contributed by atoms with Crippen molar-refractivity contribution >= 4 is 39.0 Å². The number of para-hydroxylation sites is 2. The van der Waals surface area contributed by atoms with Crippen LogP contribution in [0.25, 0.3) is 66.4 Å². The highest BCUT2D eigenvalue weighted by atomic mass is 16.3. The molecular formula is C61H41NO. The van der Waals surface area contributed by atoms with E-state index < -0.39 is 5.41 Å². The van der Waals surface area contributed by atoms with E-state index in [1.165, 1.54) is 55.6 Å². The maximum Gasteiger partial charge on any atom is 0.143 e. The summed E-state index contributed by atoms with van der Waals surface area (Å²) in [5.41, 5.74) is 19.3. The Labute approximate surface area is 367 Å². The summed E-state index contributed by atoms with van der Waals surface area (Å²) in [6.45, 7) is 0. The summed E-state index contributed by atoms with van der Waals surface area (Å²) in [6, 6.07) is 90.1. The molecular weight excluding hydrogens is 763 g/mol. The molecule has 1 aromatic heterocycles. The van der Waals surface area contributed by atoms with Crippen LogP contribution in [0.2, 0.25) is 0 Å². The minimum atomic E-state index is -0.449. The van der Waals surface area contributed by atoms with E-state index in [2.05, 4.69) is 241 Å². The maximum absolute atomic E-state index is 6.44. The van der Waals surface area contributed by atoms with Gasteiger partial charge in [-0.3, -0.25) is 0 Å². The van der Waals surface area contributed by atoms with Crippen LogP contribution < -0.4 is 4.90 Å². The van der Waals surface area contributed by atoms with Gasteiger partial charge >= 0.3 is 0 Å². The van der Waals surface area contributed by atoms with Crippen molar-refractivity contribution in [1.82, 2.24) is 0 Å². The molecule has 296 valence electrons. The van der Waals surface area contributed by atoms with E-state index >= 15 is 0 Å². The molecule has 0 N–H and O–H groups in total. The van der Waals surface area contributed by atoms with Gasteiger partial charge < -0.3 is 9.32 Å². The Balaban J connectivity index is 0.972. The third-order valence-corrected chi connectivity index (χ3v) is 13.0. The maximum atomic E-state index is 6.44. The van der Waals surface area contributed by atoms with Gasteiger partial charge in [0, 0.05) is 33.4 Å². The average molecular weight is 804 g/mol. The third kappa shape index (κ3) is 5.95. The van der Waals surface area contributed by atoms with Gasteiger partial charge in [0.1, 0.15) is 11.2 Å². The first-order chi connectivity index (χ1) is 31.3. The molecule has 0 atom stereocenters. The normalized spacial score (nSPS) is 12.6. The molecule has 63 heavy (non-hydrogen) atoms. The second-order valence-corrected chi connectivity index (χ2v) is 16.4. The molecule has 0 saturated carbocycles. The van der Waals surface area contributed by atoms with Crippen molar-refractivity contribution in [2.75, 3.05) is 4.90 Å². The molecule has 0 bridgehead atoms. The Morgan fingerprint density at radius 2 is 0.746 bits per heavy atom. The summed E-state index contributed by atoms with van der Waals surface area (Å²) in [7, 11) is 0. The first-order valence-corrected chi connectivity index (χ1v) is 21.7. The van der Waals surface area contributed by atoms with Gasteiger partial charge in [0.25, 0.3) is 0 Å². The van der Waals surface area contributed by atoms with E-state index in [4.69, 9.17) is 4.42 Å². The number of hydrogen-bond acceptors (Lipinski definition) is 2. The lowest BCUT2D eigenvalue weighted by molar-refractivity contribution is 0.670. The van der Waals surface area contributed by atoms with Gasteiger partial charge in [0.2, 0.25) is 0 Å². The number of benzene rings is 10. The molecule has 1 aliphatic carbocycles. The largest absolute Gasteiger partial charge is 0.455 e. The summed E-state index contributed by atoms with van der Waals surface area (Å²) < 4.78 is 6.44. The second-order valence-electron chi connectivity index (χ2n) is 16.4. The second kappa shape index (κ2) is 15.1. The minimum absolute atomic E-state index is 0.449. The molecule has 0 amide bonds. The van der Waals surface area contributed by atoms with E-state index in [0.717, 1.165) is 50.1 Å². The van der Waals surface area contributed by atoms with Crippen LogP contribution in [0.3, 0.4) is 0 Å². The molecule has 11 aromatic rings. The first-order valence-electron chi connectivity index (χ1n) is 21.7. The standard InChI is InChI=1S/C61H41NO/c1-4-16-42(17-5-1)43-30-36-48(37-31-43)62(50-40-34-45(35-41-50)52-25-14-26-54-53-22-11-13-29-58(53)63-60(52)54)49-38-32-44(33-39-49)51-24-15-28-57-59(51)55-23-10-12-27-56(55)61(57,46-18-6-2-7-19-46)47-20-8-3-9-21-47/h1-41H. The van der Waals surface area contributed by atoms with E-state index in [0.29, 0.717) is 0 Å². The smallest absolute Gasteiger partial charge is 0.143 e. The third-order valence-electron chi connectivity index (χ3n) is 13.0. The zero-order chi connectivity index (χ0) is 41.7. The van der Waals surface area contributed by atoms with E-state index in [1.807, 2.05) is 12.1 Å². The summed E-state index contributed by atoms with van der Waals surface area (Å²) in [5, 5.41) is 2.27. The molecule has 2 heteroatoms. The molecule has 1 aliphatic rings. The lowest BCUT2D eigenvalue weighted by atomic mass is 9.67. The molecule has 2 nitrogen and oxygen atoms in total. The van der Waals surface area contributed by atoms with Crippen LogP contribution in [0.15, 0.2) is 253 Å². The number of hydrogen-bond donors (Lipinski definition) is 0. The van der Waals surface area contributed by atoms with E-state index in [-0.39, 0.29) is 0 Å². The number of anilines is 3. The van der Waals surface area contributed by atoms with E-state index in [1.54, 1.807) is 0 Å². The Bertz CT molecular complexity index is 3370. The van der Waals surface area contributed by atoms with Gasteiger partial charge in [-0.25, -0.2) is 0 Å². The van der Waals surface area contributed by atoms with Gasteiger partial charge in [-0.1, -0.05) is 206 Å². The number of nitrogens with zero attached hydrogens (tertiary/aromatic N) is 1. The van der Waals surface area contributed by atoms with Crippen LogP contribution in [-0.4, -0.2) is 0 Å². The fraction of sp³-hybridized carbons (Fsp3) is 0.0164. The van der Waals surface area contributed by atoms with Crippen LogP contribution in [0.5, 0.6) is 0 Å². The van der Waals surface area contributed by atoms with Gasteiger partial charge in [-0.2, -0.15) is 0 Å². The average Bonchev–Trinajstić information content (AvgIpc) is 3.90. The number of furan rings is 1. The quantitative estimate of drug-likeness (QED) is 0.152. The molecule has 0 radical (unpaired) electrons. The van der Waals surface area contributed by atoms with Crippen molar-refractivity contribution in [2.45, 2.75) is 5.41 Å². The minimum Gasteiger partial charge on any atom is -0.455 e. The van der Waals surface area contributed by atoms with Crippen LogP contribution in [0, 0.1) is 0 Å². The first kappa shape index (κ1) is 36.6. The molecule has 0 unspecified atom stereocenters. The van der Waals surface area contributed by atoms with E-state index in [9.17, 15) is 0 Å². The highest BCUT2D eigenvalue weighted by molar-refractivity contribution is 6.09. The van der Waals surface area contributed by atoms with Crippen molar-refractivity contribution in [3.63, 3.8) is 0 Å². The van der Waals surface area contributed by atoms with Crippen LogP contribution in [0.4, 0.5) is 17.1 Å². The predicted octanol–water partition coefficient (Wildman–Crippen LogP) is 16.4. The molecule has 10 aromatic carbocycles. The Morgan fingerprint density at radius 1 is 0.302 bits per heavy atom. The monoisotopic (exact) mass is 803 g/mol. The van der Waals surface area contributed by atoms with Crippen LogP contribution >= 0.6 is 0 Å². The highest BCUT2D eigenvalue weighted by Gasteiger charge is 2.46. The zero-order valence-corrected chi connectivity index (χ0v) is 34.5. The van der Waals surface area contributed by atoms with Crippen LogP contribution in [0.1, 0.15) is 22.3 Å². The molecule has 0 aliphatic heterocycles. The highest BCUT2D eigenvalue weighted by Crippen LogP contribution is 2.58. The van der Waals surface area contributed by atoms with Gasteiger partial charge in [-0.15, -0.1) is 0 Å². The molecule has 1 heterocycles. The van der Waals surface area contributed by atoms with Gasteiger partial charge in [-0.05, 0) is 104 Å². The lowest BCUT2D eigenvalue weighted by Gasteiger charge is -2.34. The van der Waals surface area contributed by atoms with Crippen molar-refractivity contribution in [3.8, 4) is 44.5 Å². The van der Waals surface area contributed by atoms with Crippen LogP contribution in [-0.2, 0) is 5.41 Å².